The van der Waals surface area contributed by atoms with Crippen LogP contribution in [0, 0.1) is 6.92 Å². The van der Waals surface area contributed by atoms with Crippen LogP contribution in [-0.2, 0) is 4.79 Å². The zero-order chi connectivity index (χ0) is 17.0. The molecule has 0 saturated carbocycles. The summed E-state index contributed by atoms with van der Waals surface area (Å²) in [7, 11) is 4.61. The number of carbonyl (C=O) groups is 1. The summed E-state index contributed by atoms with van der Waals surface area (Å²) in [6, 6.07) is 5.77. The summed E-state index contributed by atoms with van der Waals surface area (Å²) in [4.78, 5) is 12.0. The van der Waals surface area contributed by atoms with Gasteiger partial charge in [-0.25, -0.2) is 0 Å². The number of esters is 1. The molecule has 0 aliphatic rings. The van der Waals surface area contributed by atoms with Gasteiger partial charge in [0.25, 0.3) is 0 Å². The molecule has 5 nitrogen and oxygen atoms in total. The molecule has 0 N–H and O–H groups in total. The molecule has 124 valence electrons. The Morgan fingerprint density at radius 1 is 0.957 bits per heavy atom. The van der Waals surface area contributed by atoms with Gasteiger partial charge in [0, 0.05) is 17.2 Å². The van der Waals surface area contributed by atoms with Crippen molar-refractivity contribution in [3.63, 3.8) is 0 Å². The summed E-state index contributed by atoms with van der Waals surface area (Å²) in [5.41, 5.74) is 0.959. The van der Waals surface area contributed by atoms with Gasteiger partial charge in [0.1, 0.15) is 0 Å². The first-order valence-corrected chi connectivity index (χ1v) is 7.50. The Morgan fingerprint density at radius 2 is 1.57 bits per heavy atom. The Kier molecular flexibility index (Phi) is 5.32. The first kappa shape index (κ1) is 16.9. The summed E-state index contributed by atoms with van der Waals surface area (Å²) < 4.78 is 22.0. The second kappa shape index (κ2) is 7.22. The zero-order valence-electron chi connectivity index (χ0n) is 14.2. The minimum atomic E-state index is -0.303. The topological polar surface area (TPSA) is 54.0 Å². The molecule has 0 heterocycles. The van der Waals surface area contributed by atoms with Gasteiger partial charge < -0.3 is 18.9 Å². The van der Waals surface area contributed by atoms with Crippen molar-refractivity contribution in [2.75, 3.05) is 21.3 Å². The van der Waals surface area contributed by atoms with E-state index in [0.717, 1.165) is 16.3 Å². The number of fused-ring (bicyclic) bond motifs is 1. The van der Waals surface area contributed by atoms with E-state index in [1.807, 2.05) is 32.0 Å². The SMILES string of the molecule is CCCC(=O)Oc1c(OC)c(OC)c(OC)c2cccc(C)c12. The lowest BCUT2D eigenvalue weighted by Gasteiger charge is -2.20. The normalized spacial score (nSPS) is 10.5. The van der Waals surface area contributed by atoms with E-state index in [4.69, 9.17) is 18.9 Å². The predicted molar refractivity (Wildman–Crippen MR) is 88.9 cm³/mol. The van der Waals surface area contributed by atoms with Crippen molar-refractivity contribution in [1.29, 1.82) is 0 Å². The molecule has 0 amide bonds. The number of hydrogen-bond acceptors (Lipinski definition) is 5. The van der Waals surface area contributed by atoms with Crippen molar-refractivity contribution in [2.45, 2.75) is 26.7 Å². The van der Waals surface area contributed by atoms with E-state index in [9.17, 15) is 4.79 Å². The maximum absolute atomic E-state index is 12.0. The lowest BCUT2D eigenvalue weighted by molar-refractivity contribution is -0.134. The summed E-state index contributed by atoms with van der Waals surface area (Å²) in [6.45, 7) is 3.88. The molecule has 0 atom stereocenters. The highest BCUT2D eigenvalue weighted by Gasteiger charge is 2.25. The van der Waals surface area contributed by atoms with Crippen molar-refractivity contribution in [3.05, 3.63) is 23.8 Å². The lowest BCUT2D eigenvalue weighted by atomic mass is 10.0. The molecule has 0 fully saturated rings. The molecular formula is C18H22O5. The fraction of sp³-hybridized carbons (Fsp3) is 0.389. The van der Waals surface area contributed by atoms with Crippen LogP contribution in [0.3, 0.4) is 0 Å². The van der Waals surface area contributed by atoms with Gasteiger partial charge >= 0.3 is 5.97 Å². The fourth-order valence-electron chi connectivity index (χ4n) is 2.64. The molecular weight excluding hydrogens is 296 g/mol. The van der Waals surface area contributed by atoms with Gasteiger partial charge in [0.05, 0.1) is 21.3 Å². The van der Waals surface area contributed by atoms with Crippen LogP contribution in [0.1, 0.15) is 25.3 Å². The molecule has 0 spiro atoms. The number of benzene rings is 2. The highest BCUT2D eigenvalue weighted by molar-refractivity contribution is 6.02. The second-order valence-electron chi connectivity index (χ2n) is 5.15. The summed E-state index contributed by atoms with van der Waals surface area (Å²) >= 11 is 0. The number of carbonyl (C=O) groups excluding carboxylic acids is 1. The zero-order valence-corrected chi connectivity index (χ0v) is 14.2. The molecule has 5 heteroatoms. The van der Waals surface area contributed by atoms with Crippen LogP contribution < -0.4 is 18.9 Å². The highest BCUT2D eigenvalue weighted by atomic mass is 16.6. The first-order chi connectivity index (χ1) is 11.1. The molecule has 0 radical (unpaired) electrons. The molecule has 23 heavy (non-hydrogen) atoms. The Morgan fingerprint density at radius 3 is 2.13 bits per heavy atom. The first-order valence-electron chi connectivity index (χ1n) is 7.50. The molecule has 2 aromatic carbocycles. The maximum atomic E-state index is 12.0. The summed E-state index contributed by atoms with van der Waals surface area (Å²) in [6.07, 6.45) is 1.05. The largest absolute Gasteiger partial charge is 0.492 e. The molecule has 2 rings (SSSR count). The number of aryl methyl sites for hydroxylation is 1. The molecule has 2 aromatic rings. The minimum Gasteiger partial charge on any atom is -0.492 e. The van der Waals surface area contributed by atoms with Gasteiger partial charge in [0.2, 0.25) is 11.5 Å². The fourth-order valence-corrected chi connectivity index (χ4v) is 2.64. The third-order valence-corrected chi connectivity index (χ3v) is 3.65. The summed E-state index contributed by atoms with van der Waals surface area (Å²) in [5, 5.41) is 1.59. The van der Waals surface area contributed by atoms with E-state index in [2.05, 4.69) is 0 Å². The molecule has 0 bridgehead atoms. The highest BCUT2D eigenvalue weighted by Crippen LogP contribution is 2.51. The quantitative estimate of drug-likeness (QED) is 0.597. The molecule has 0 unspecified atom stereocenters. The van der Waals surface area contributed by atoms with Crippen LogP contribution in [0.2, 0.25) is 0 Å². The number of methoxy groups -OCH3 is 3. The van der Waals surface area contributed by atoms with Crippen LogP contribution in [0.5, 0.6) is 23.0 Å². The number of rotatable bonds is 6. The van der Waals surface area contributed by atoms with E-state index in [1.165, 1.54) is 14.2 Å². The Balaban J connectivity index is 2.83. The van der Waals surface area contributed by atoms with Crippen molar-refractivity contribution in [1.82, 2.24) is 0 Å². The van der Waals surface area contributed by atoms with Crippen LogP contribution in [-0.4, -0.2) is 27.3 Å². The van der Waals surface area contributed by atoms with Gasteiger partial charge in [-0.1, -0.05) is 25.1 Å². The van der Waals surface area contributed by atoms with Gasteiger partial charge in [-0.2, -0.15) is 0 Å². The van der Waals surface area contributed by atoms with Crippen LogP contribution in [0.25, 0.3) is 10.8 Å². The average Bonchev–Trinajstić information content (AvgIpc) is 2.54. The number of hydrogen-bond donors (Lipinski definition) is 0. The van der Waals surface area contributed by atoms with Crippen molar-refractivity contribution in [2.24, 2.45) is 0 Å². The Hall–Kier alpha value is -2.43. The van der Waals surface area contributed by atoms with Crippen molar-refractivity contribution >= 4 is 16.7 Å². The van der Waals surface area contributed by atoms with E-state index < -0.39 is 0 Å². The van der Waals surface area contributed by atoms with E-state index in [1.54, 1.807) is 7.11 Å². The molecule has 0 aliphatic heterocycles. The summed E-state index contributed by atoms with van der Waals surface area (Å²) in [5.74, 6) is 1.39. The molecule has 0 saturated heterocycles. The molecule has 0 aromatic heterocycles. The maximum Gasteiger partial charge on any atom is 0.311 e. The average molecular weight is 318 g/mol. The predicted octanol–water partition coefficient (Wildman–Crippen LogP) is 3.88. The van der Waals surface area contributed by atoms with Crippen LogP contribution >= 0.6 is 0 Å². The van der Waals surface area contributed by atoms with Crippen molar-refractivity contribution in [3.8, 4) is 23.0 Å². The van der Waals surface area contributed by atoms with Crippen molar-refractivity contribution < 1.29 is 23.7 Å². The number of ether oxygens (including phenoxy) is 4. The molecule has 0 aliphatic carbocycles. The van der Waals surface area contributed by atoms with E-state index >= 15 is 0 Å². The third kappa shape index (κ3) is 3.04. The third-order valence-electron chi connectivity index (χ3n) is 3.65. The van der Waals surface area contributed by atoms with Gasteiger partial charge in [-0.3, -0.25) is 4.79 Å². The van der Waals surface area contributed by atoms with Gasteiger partial charge in [-0.05, 0) is 18.9 Å². The van der Waals surface area contributed by atoms with Crippen LogP contribution in [0.15, 0.2) is 18.2 Å². The minimum absolute atomic E-state index is 0.303. The van der Waals surface area contributed by atoms with Gasteiger partial charge in [0.15, 0.2) is 11.5 Å². The lowest BCUT2D eigenvalue weighted by Crippen LogP contribution is -2.09. The standard InChI is InChI=1S/C18H22O5/c1-6-8-13(19)23-16-14-11(2)9-7-10-12(14)15(20-3)17(21-4)18(16)22-5/h7,9-10H,6,8H2,1-5H3. The second-order valence-corrected chi connectivity index (χ2v) is 5.15. The Bertz CT molecular complexity index is 721. The smallest absolute Gasteiger partial charge is 0.311 e. The van der Waals surface area contributed by atoms with Crippen LogP contribution in [0.4, 0.5) is 0 Å². The van der Waals surface area contributed by atoms with E-state index in [-0.39, 0.29) is 5.97 Å². The Labute approximate surface area is 136 Å². The van der Waals surface area contributed by atoms with E-state index in [0.29, 0.717) is 35.8 Å². The monoisotopic (exact) mass is 318 g/mol. The van der Waals surface area contributed by atoms with Gasteiger partial charge in [-0.15, -0.1) is 0 Å².